The molecule has 1 aliphatic heterocycles. The van der Waals surface area contributed by atoms with Crippen LogP contribution in [0.3, 0.4) is 0 Å². The molecule has 1 heterocycles. The maximum absolute atomic E-state index is 12.9. The van der Waals surface area contributed by atoms with Crippen molar-refractivity contribution in [3.05, 3.63) is 65.2 Å². The summed E-state index contributed by atoms with van der Waals surface area (Å²) in [5, 5.41) is 6.44. The smallest absolute Gasteiger partial charge is 0.256 e. The number of fused-ring (bicyclic) bond motifs is 1. The van der Waals surface area contributed by atoms with Gasteiger partial charge in [0.05, 0.1) is 0 Å². The first kappa shape index (κ1) is 20.9. The summed E-state index contributed by atoms with van der Waals surface area (Å²) in [4.78, 5) is 27.0. The topological polar surface area (TPSA) is 61.4 Å². The van der Waals surface area contributed by atoms with Crippen molar-refractivity contribution in [2.45, 2.75) is 46.2 Å². The number of nitrogens with one attached hydrogen (secondary N) is 2. The first-order valence-electron chi connectivity index (χ1n) is 10.6. The molecule has 3 rings (SSSR count). The molecule has 0 saturated heterocycles. The summed E-state index contributed by atoms with van der Waals surface area (Å²) < 4.78 is 0. The Hall–Kier alpha value is -2.82. The van der Waals surface area contributed by atoms with E-state index in [2.05, 4.69) is 31.4 Å². The Morgan fingerprint density at radius 2 is 1.79 bits per heavy atom. The van der Waals surface area contributed by atoms with Crippen molar-refractivity contribution in [1.29, 1.82) is 0 Å². The molecule has 5 heteroatoms. The van der Waals surface area contributed by atoms with Crippen LogP contribution in [0.4, 0.5) is 5.69 Å². The summed E-state index contributed by atoms with van der Waals surface area (Å²) in [5.74, 6) is 0.390. The maximum Gasteiger partial charge on any atom is 0.256 e. The van der Waals surface area contributed by atoms with Crippen molar-refractivity contribution < 1.29 is 9.59 Å². The molecule has 2 aromatic rings. The molecule has 5 nitrogen and oxygen atoms in total. The fourth-order valence-corrected chi connectivity index (χ4v) is 3.66. The quantitative estimate of drug-likeness (QED) is 0.600. The summed E-state index contributed by atoms with van der Waals surface area (Å²) in [5.41, 5.74) is 3.29. The molecule has 1 aliphatic rings. The standard InChI is InChI=1S/C24H31N3O2/c1-4-5-8-15-25-23(28)18-11-13-19(14-12-18)26-22-20-9-6-7-10-21(20)24(29)27(22)16-17(2)3/h6-7,9-14,17,22,26H,4-5,8,15-16H2,1-3H3,(H,25,28). The molecule has 2 amide bonds. The van der Waals surface area contributed by atoms with Gasteiger partial charge >= 0.3 is 0 Å². The van der Waals surface area contributed by atoms with Crippen molar-refractivity contribution in [2.24, 2.45) is 5.92 Å². The predicted molar refractivity (Wildman–Crippen MR) is 117 cm³/mol. The van der Waals surface area contributed by atoms with Gasteiger partial charge < -0.3 is 15.5 Å². The lowest BCUT2D eigenvalue weighted by molar-refractivity contribution is 0.0720. The Kier molecular flexibility index (Phi) is 6.91. The molecule has 1 atom stereocenters. The van der Waals surface area contributed by atoms with E-state index >= 15 is 0 Å². The minimum absolute atomic E-state index is 0.0459. The zero-order chi connectivity index (χ0) is 20.8. The van der Waals surface area contributed by atoms with Gasteiger partial charge in [0.2, 0.25) is 0 Å². The molecule has 0 radical (unpaired) electrons. The van der Waals surface area contributed by atoms with Crippen molar-refractivity contribution in [2.75, 3.05) is 18.4 Å². The summed E-state index contributed by atoms with van der Waals surface area (Å²) in [7, 11) is 0. The Labute approximate surface area is 173 Å². The second-order valence-corrected chi connectivity index (χ2v) is 8.03. The van der Waals surface area contributed by atoms with E-state index < -0.39 is 0 Å². The number of hydrogen-bond acceptors (Lipinski definition) is 3. The van der Waals surface area contributed by atoms with E-state index in [0.717, 1.165) is 36.1 Å². The molecule has 0 aliphatic carbocycles. The number of benzene rings is 2. The predicted octanol–water partition coefficient (Wildman–Crippen LogP) is 4.83. The van der Waals surface area contributed by atoms with Gasteiger partial charge in [0.15, 0.2) is 0 Å². The lowest BCUT2D eigenvalue weighted by atomic mass is 10.1. The third kappa shape index (κ3) is 4.97. The van der Waals surface area contributed by atoms with Gasteiger partial charge in [0, 0.05) is 35.5 Å². The van der Waals surface area contributed by atoms with E-state index in [0.29, 0.717) is 24.6 Å². The molecule has 0 saturated carbocycles. The first-order chi connectivity index (χ1) is 14.0. The fourth-order valence-electron chi connectivity index (χ4n) is 3.66. The van der Waals surface area contributed by atoms with Gasteiger partial charge in [-0.2, -0.15) is 0 Å². The molecule has 0 aromatic heterocycles. The van der Waals surface area contributed by atoms with E-state index in [1.54, 1.807) is 0 Å². The van der Waals surface area contributed by atoms with Crippen LogP contribution in [0.15, 0.2) is 48.5 Å². The maximum atomic E-state index is 12.9. The zero-order valence-electron chi connectivity index (χ0n) is 17.6. The summed E-state index contributed by atoms with van der Waals surface area (Å²) in [6, 6.07) is 15.2. The van der Waals surface area contributed by atoms with Crippen LogP contribution in [-0.4, -0.2) is 29.8 Å². The van der Waals surface area contributed by atoms with Crippen molar-refractivity contribution in [3.63, 3.8) is 0 Å². The second kappa shape index (κ2) is 9.59. The average molecular weight is 394 g/mol. The van der Waals surface area contributed by atoms with E-state index in [4.69, 9.17) is 0 Å². The highest BCUT2D eigenvalue weighted by Crippen LogP contribution is 2.34. The number of carbonyl (C=O) groups excluding carboxylic acids is 2. The van der Waals surface area contributed by atoms with Crippen molar-refractivity contribution >= 4 is 17.5 Å². The highest BCUT2D eigenvalue weighted by molar-refractivity contribution is 5.99. The molecular formula is C24H31N3O2. The van der Waals surface area contributed by atoms with Gasteiger partial charge in [-0.15, -0.1) is 0 Å². The molecular weight excluding hydrogens is 362 g/mol. The largest absolute Gasteiger partial charge is 0.361 e. The van der Waals surface area contributed by atoms with E-state index in [1.165, 1.54) is 0 Å². The van der Waals surface area contributed by atoms with Gasteiger partial charge in [0.1, 0.15) is 6.17 Å². The molecule has 0 spiro atoms. The number of unbranched alkanes of at least 4 members (excludes halogenated alkanes) is 2. The van der Waals surface area contributed by atoms with Crippen molar-refractivity contribution in [1.82, 2.24) is 10.2 Å². The first-order valence-corrected chi connectivity index (χ1v) is 10.6. The van der Waals surface area contributed by atoms with Crippen LogP contribution in [0.2, 0.25) is 0 Å². The monoisotopic (exact) mass is 393 g/mol. The number of anilines is 1. The third-order valence-electron chi connectivity index (χ3n) is 5.14. The molecule has 0 bridgehead atoms. The van der Waals surface area contributed by atoms with Crippen LogP contribution in [0.5, 0.6) is 0 Å². The highest BCUT2D eigenvalue weighted by Gasteiger charge is 2.36. The van der Waals surface area contributed by atoms with E-state index in [1.807, 2.05) is 53.4 Å². The summed E-state index contributed by atoms with van der Waals surface area (Å²) >= 11 is 0. The van der Waals surface area contributed by atoms with Crippen molar-refractivity contribution in [3.8, 4) is 0 Å². The number of rotatable bonds is 9. The minimum Gasteiger partial charge on any atom is -0.361 e. The second-order valence-electron chi connectivity index (χ2n) is 8.03. The Bertz CT molecular complexity index is 845. The Morgan fingerprint density at radius 1 is 1.07 bits per heavy atom. The number of hydrogen-bond donors (Lipinski definition) is 2. The van der Waals surface area contributed by atoms with Crippen LogP contribution in [0.25, 0.3) is 0 Å². The van der Waals surface area contributed by atoms with Gasteiger partial charge in [-0.05, 0) is 42.7 Å². The normalized spacial score (nSPS) is 15.5. The van der Waals surface area contributed by atoms with E-state index in [-0.39, 0.29) is 18.0 Å². The van der Waals surface area contributed by atoms with Crippen LogP contribution < -0.4 is 10.6 Å². The lowest BCUT2D eigenvalue weighted by Gasteiger charge is -2.28. The molecule has 1 unspecified atom stereocenters. The van der Waals surface area contributed by atoms with Crippen LogP contribution in [0, 0.1) is 5.92 Å². The average Bonchev–Trinajstić information content (AvgIpc) is 2.97. The Morgan fingerprint density at radius 3 is 2.48 bits per heavy atom. The third-order valence-corrected chi connectivity index (χ3v) is 5.14. The highest BCUT2D eigenvalue weighted by atomic mass is 16.2. The number of carbonyl (C=O) groups is 2. The van der Waals surface area contributed by atoms with Crippen LogP contribution >= 0.6 is 0 Å². The Balaban J connectivity index is 1.71. The molecule has 29 heavy (non-hydrogen) atoms. The zero-order valence-corrected chi connectivity index (χ0v) is 17.6. The van der Waals surface area contributed by atoms with E-state index in [9.17, 15) is 9.59 Å². The summed E-state index contributed by atoms with van der Waals surface area (Å²) in [6.07, 6.45) is 3.06. The SMILES string of the molecule is CCCCCNC(=O)c1ccc(NC2c3ccccc3C(=O)N2CC(C)C)cc1. The molecule has 2 N–H and O–H groups in total. The lowest BCUT2D eigenvalue weighted by Crippen LogP contribution is -2.35. The summed E-state index contributed by atoms with van der Waals surface area (Å²) in [6.45, 7) is 7.76. The van der Waals surface area contributed by atoms with Crippen LogP contribution in [-0.2, 0) is 0 Å². The molecule has 154 valence electrons. The number of amides is 2. The van der Waals surface area contributed by atoms with Gasteiger partial charge in [-0.1, -0.05) is 51.8 Å². The fraction of sp³-hybridized carbons (Fsp3) is 0.417. The molecule has 0 fully saturated rings. The van der Waals surface area contributed by atoms with Gasteiger partial charge in [0.25, 0.3) is 11.8 Å². The molecule has 2 aromatic carbocycles. The minimum atomic E-state index is -0.199. The van der Waals surface area contributed by atoms with Gasteiger partial charge in [-0.25, -0.2) is 0 Å². The van der Waals surface area contributed by atoms with Crippen LogP contribution in [0.1, 0.15) is 72.5 Å². The number of nitrogens with zero attached hydrogens (tertiary/aromatic N) is 1. The van der Waals surface area contributed by atoms with Gasteiger partial charge in [-0.3, -0.25) is 9.59 Å².